The van der Waals surface area contributed by atoms with Crippen molar-refractivity contribution in [3.8, 4) is 5.88 Å². The standard InChI is InChI=1S/C11H14FN3O3.Li/c1-18-9-8(12)6-13-11(14-9)15-4-2-7(3-5-15)10(16)17;/h6-7H,2-5H2,1H3,(H,16,17);/q;+1/p-1. The third-order valence-electron chi connectivity index (χ3n) is 3.00. The Balaban J connectivity index is 0.00000180. The van der Waals surface area contributed by atoms with Crippen LogP contribution < -0.4 is 33.6 Å². The Bertz CT molecular complexity index is 453. The molecule has 1 aliphatic rings. The summed E-state index contributed by atoms with van der Waals surface area (Å²) in [7, 11) is 1.33. The van der Waals surface area contributed by atoms with Crippen molar-refractivity contribution < 1.29 is 37.9 Å². The monoisotopic (exact) mass is 261 g/mol. The van der Waals surface area contributed by atoms with Crippen LogP contribution in [0.1, 0.15) is 12.8 Å². The molecule has 0 amide bonds. The van der Waals surface area contributed by atoms with E-state index in [1.54, 1.807) is 4.90 Å². The smallest absolute Gasteiger partial charge is 0.550 e. The summed E-state index contributed by atoms with van der Waals surface area (Å²) in [6.45, 7) is 1.01. The van der Waals surface area contributed by atoms with Crippen LogP contribution in [-0.2, 0) is 4.79 Å². The summed E-state index contributed by atoms with van der Waals surface area (Å²) in [5.74, 6) is -1.83. The number of carboxylic acid groups (broad SMARTS) is 1. The maximum absolute atomic E-state index is 13.2. The Morgan fingerprint density at radius 2 is 2.16 bits per heavy atom. The molecule has 0 atom stereocenters. The van der Waals surface area contributed by atoms with Crippen molar-refractivity contribution in [2.24, 2.45) is 5.92 Å². The second-order valence-corrected chi connectivity index (χ2v) is 4.11. The van der Waals surface area contributed by atoms with Crippen molar-refractivity contribution in [2.45, 2.75) is 12.8 Å². The first-order chi connectivity index (χ1) is 8.61. The zero-order valence-corrected chi connectivity index (χ0v) is 10.9. The third kappa shape index (κ3) is 3.58. The molecule has 2 heterocycles. The van der Waals surface area contributed by atoms with E-state index in [2.05, 4.69) is 9.97 Å². The summed E-state index contributed by atoms with van der Waals surface area (Å²) in [6.07, 6.45) is 2.00. The zero-order valence-electron chi connectivity index (χ0n) is 10.9. The Labute approximate surface area is 122 Å². The number of aromatic nitrogens is 2. The van der Waals surface area contributed by atoms with Gasteiger partial charge < -0.3 is 19.5 Å². The maximum Gasteiger partial charge on any atom is 1.00 e. The van der Waals surface area contributed by atoms with Crippen LogP contribution in [0, 0.1) is 11.7 Å². The van der Waals surface area contributed by atoms with Gasteiger partial charge in [0.1, 0.15) is 0 Å². The minimum atomic E-state index is -1.02. The molecule has 8 heteroatoms. The molecule has 6 nitrogen and oxygen atoms in total. The molecule has 1 aliphatic heterocycles. The Morgan fingerprint density at radius 1 is 1.53 bits per heavy atom. The first-order valence-electron chi connectivity index (χ1n) is 5.64. The summed E-state index contributed by atoms with van der Waals surface area (Å²) in [5.41, 5.74) is 0. The second-order valence-electron chi connectivity index (χ2n) is 4.11. The van der Waals surface area contributed by atoms with Gasteiger partial charge in [0.25, 0.3) is 5.88 Å². The third-order valence-corrected chi connectivity index (χ3v) is 3.00. The Kier molecular flexibility index (Phi) is 5.57. The van der Waals surface area contributed by atoms with Crippen molar-refractivity contribution in [1.82, 2.24) is 9.97 Å². The average Bonchev–Trinajstić information content (AvgIpc) is 2.39. The molecule has 0 aromatic carbocycles. The van der Waals surface area contributed by atoms with E-state index < -0.39 is 17.7 Å². The number of carbonyl (C=O) groups is 1. The summed E-state index contributed by atoms with van der Waals surface area (Å²) in [5, 5.41) is 10.7. The molecule has 0 aliphatic carbocycles. The fraction of sp³-hybridized carbons (Fsp3) is 0.545. The molecule has 1 fully saturated rings. The minimum absolute atomic E-state index is 0. The molecular formula is C11H13FLiN3O3. The van der Waals surface area contributed by atoms with Crippen LogP contribution in [0.5, 0.6) is 5.88 Å². The van der Waals surface area contributed by atoms with Gasteiger partial charge in [-0.15, -0.1) is 0 Å². The predicted molar refractivity (Wildman–Crippen MR) is 58.5 cm³/mol. The van der Waals surface area contributed by atoms with Crippen LogP contribution in [0.2, 0.25) is 0 Å². The van der Waals surface area contributed by atoms with E-state index >= 15 is 0 Å². The van der Waals surface area contributed by atoms with Gasteiger partial charge in [0.2, 0.25) is 11.8 Å². The van der Waals surface area contributed by atoms with Gasteiger partial charge in [-0.2, -0.15) is 9.37 Å². The van der Waals surface area contributed by atoms with Gasteiger partial charge in [-0.1, -0.05) is 0 Å². The van der Waals surface area contributed by atoms with E-state index in [1.807, 2.05) is 0 Å². The molecule has 1 aromatic rings. The minimum Gasteiger partial charge on any atom is -0.550 e. The van der Waals surface area contributed by atoms with Crippen molar-refractivity contribution in [1.29, 1.82) is 0 Å². The molecule has 0 radical (unpaired) electrons. The number of aliphatic carboxylic acids is 1. The number of ether oxygens (including phenoxy) is 1. The quantitative estimate of drug-likeness (QED) is 0.528. The van der Waals surface area contributed by atoms with Gasteiger partial charge >= 0.3 is 18.9 Å². The number of carbonyl (C=O) groups excluding carboxylic acids is 1. The molecule has 1 aromatic heterocycles. The van der Waals surface area contributed by atoms with E-state index in [-0.39, 0.29) is 24.7 Å². The molecular weight excluding hydrogens is 248 g/mol. The van der Waals surface area contributed by atoms with Crippen molar-refractivity contribution in [3.63, 3.8) is 0 Å². The number of hydrogen-bond donors (Lipinski definition) is 0. The van der Waals surface area contributed by atoms with Gasteiger partial charge in [-0.05, 0) is 12.8 Å². The number of nitrogens with zero attached hydrogens (tertiary/aromatic N) is 3. The molecule has 98 valence electrons. The van der Waals surface area contributed by atoms with Crippen LogP contribution in [-0.4, -0.2) is 36.1 Å². The van der Waals surface area contributed by atoms with Gasteiger partial charge in [0.05, 0.1) is 13.3 Å². The van der Waals surface area contributed by atoms with E-state index in [1.165, 1.54) is 7.11 Å². The number of hydrogen-bond acceptors (Lipinski definition) is 6. The van der Waals surface area contributed by atoms with Gasteiger partial charge in [0.15, 0.2) is 0 Å². The van der Waals surface area contributed by atoms with Crippen LogP contribution in [0.3, 0.4) is 0 Å². The molecule has 0 spiro atoms. The van der Waals surface area contributed by atoms with Gasteiger partial charge in [-0.25, -0.2) is 4.98 Å². The molecule has 1 saturated heterocycles. The van der Waals surface area contributed by atoms with Crippen LogP contribution in [0.4, 0.5) is 10.3 Å². The Hall–Kier alpha value is -1.32. The van der Waals surface area contributed by atoms with E-state index in [4.69, 9.17) is 4.74 Å². The summed E-state index contributed by atoms with van der Waals surface area (Å²) in [4.78, 5) is 20.3. The summed E-state index contributed by atoms with van der Waals surface area (Å²) < 4.78 is 17.9. The normalized spacial score (nSPS) is 15.8. The molecule has 0 N–H and O–H groups in total. The van der Waals surface area contributed by atoms with Crippen molar-refractivity contribution in [2.75, 3.05) is 25.1 Å². The number of halogens is 1. The van der Waals surface area contributed by atoms with Gasteiger partial charge in [0, 0.05) is 25.0 Å². The van der Waals surface area contributed by atoms with Gasteiger partial charge in [-0.3, -0.25) is 0 Å². The summed E-state index contributed by atoms with van der Waals surface area (Å²) in [6, 6.07) is 0. The van der Waals surface area contributed by atoms with Crippen LogP contribution in [0.15, 0.2) is 6.20 Å². The maximum atomic E-state index is 13.2. The Morgan fingerprint density at radius 3 is 2.68 bits per heavy atom. The predicted octanol–water partition coefficient (Wildman–Crippen LogP) is -3.41. The fourth-order valence-electron chi connectivity index (χ4n) is 1.95. The van der Waals surface area contributed by atoms with E-state index in [0.717, 1.165) is 6.20 Å². The zero-order chi connectivity index (χ0) is 13.1. The molecule has 0 bridgehead atoms. The first kappa shape index (κ1) is 15.7. The number of methoxy groups -OCH3 is 1. The largest absolute Gasteiger partial charge is 1.00 e. The number of piperidine rings is 1. The van der Waals surface area contributed by atoms with E-state index in [9.17, 15) is 14.3 Å². The fourth-order valence-corrected chi connectivity index (χ4v) is 1.95. The number of anilines is 1. The van der Waals surface area contributed by atoms with Crippen LogP contribution >= 0.6 is 0 Å². The average molecular weight is 261 g/mol. The summed E-state index contributed by atoms with van der Waals surface area (Å²) >= 11 is 0. The topological polar surface area (TPSA) is 78.4 Å². The SMILES string of the molecule is COc1nc(N2CCC(C(=O)[O-])CC2)ncc1F.[Li+]. The van der Waals surface area contributed by atoms with Crippen molar-refractivity contribution in [3.05, 3.63) is 12.0 Å². The number of rotatable bonds is 3. The first-order valence-corrected chi connectivity index (χ1v) is 5.64. The van der Waals surface area contributed by atoms with E-state index in [0.29, 0.717) is 31.9 Å². The molecule has 0 saturated carbocycles. The number of carboxylic acids is 1. The molecule has 2 rings (SSSR count). The van der Waals surface area contributed by atoms with Crippen LogP contribution in [0.25, 0.3) is 0 Å². The second kappa shape index (κ2) is 6.73. The molecule has 19 heavy (non-hydrogen) atoms. The van der Waals surface area contributed by atoms with Crippen molar-refractivity contribution >= 4 is 11.9 Å². The molecule has 0 unspecified atom stereocenters.